The van der Waals surface area contributed by atoms with Crippen molar-refractivity contribution in [3.63, 3.8) is 0 Å². The lowest BCUT2D eigenvalue weighted by molar-refractivity contribution is 0.102. The molecule has 1 amide bonds. The fraction of sp³-hybridized carbons (Fsp3) is 0.0500. The highest BCUT2D eigenvalue weighted by molar-refractivity contribution is 6.35. The number of halogens is 2. The van der Waals surface area contributed by atoms with Crippen molar-refractivity contribution in [2.45, 2.75) is 6.92 Å². The average Bonchev–Trinajstić information content (AvgIpc) is 3.07. The first-order valence-electron chi connectivity index (χ1n) is 8.21. The van der Waals surface area contributed by atoms with Crippen LogP contribution in [0.4, 0.5) is 5.69 Å². The van der Waals surface area contributed by atoms with Gasteiger partial charge in [-0.15, -0.1) is 10.2 Å². The third-order valence-corrected chi connectivity index (χ3v) is 4.86. The monoisotopic (exact) mass is 396 g/mol. The van der Waals surface area contributed by atoms with Gasteiger partial charge in [0.1, 0.15) is 11.0 Å². The van der Waals surface area contributed by atoms with E-state index >= 15 is 0 Å². The van der Waals surface area contributed by atoms with Crippen LogP contribution >= 0.6 is 23.2 Å². The number of carbonyl (C=O) groups is 1. The van der Waals surface area contributed by atoms with E-state index in [-0.39, 0.29) is 5.91 Å². The van der Waals surface area contributed by atoms with Crippen molar-refractivity contribution in [1.82, 2.24) is 15.0 Å². The number of hydrogen-bond acceptors (Lipinski definition) is 3. The van der Waals surface area contributed by atoms with Crippen molar-refractivity contribution in [1.29, 1.82) is 0 Å². The number of aromatic nitrogens is 3. The van der Waals surface area contributed by atoms with Crippen molar-refractivity contribution in [2.24, 2.45) is 0 Å². The molecular weight excluding hydrogens is 383 g/mol. The molecule has 0 radical (unpaired) electrons. The largest absolute Gasteiger partial charge is 0.321 e. The highest BCUT2D eigenvalue weighted by atomic mass is 35.5. The number of amides is 1. The Labute approximate surface area is 165 Å². The molecule has 0 fully saturated rings. The van der Waals surface area contributed by atoms with Crippen LogP contribution in [-0.2, 0) is 0 Å². The van der Waals surface area contributed by atoms with Gasteiger partial charge in [0.2, 0.25) is 0 Å². The number of anilines is 1. The van der Waals surface area contributed by atoms with Gasteiger partial charge in [0.25, 0.3) is 5.91 Å². The van der Waals surface area contributed by atoms with Gasteiger partial charge in [-0.2, -0.15) is 4.80 Å². The van der Waals surface area contributed by atoms with Crippen LogP contribution in [-0.4, -0.2) is 20.9 Å². The van der Waals surface area contributed by atoms with E-state index in [2.05, 4.69) is 15.5 Å². The molecule has 0 unspecified atom stereocenters. The predicted octanol–water partition coefficient (Wildman–Crippen LogP) is 5.29. The maximum Gasteiger partial charge on any atom is 0.255 e. The number of para-hydroxylation sites is 1. The Balaban J connectivity index is 1.66. The van der Waals surface area contributed by atoms with E-state index < -0.39 is 0 Å². The number of hydrogen-bond donors (Lipinski definition) is 1. The standard InChI is InChI=1S/C20H14Cl2N4O/c1-12-7-8-13(9-15(12)21)20(27)23-17-11-19-18(10-16(17)22)24-26(25-19)14-5-3-2-4-6-14/h2-11H,1H3,(H,23,27). The molecule has 1 N–H and O–H groups in total. The lowest BCUT2D eigenvalue weighted by Gasteiger charge is -2.08. The molecule has 0 saturated heterocycles. The van der Waals surface area contributed by atoms with Crippen LogP contribution in [0.1, 0.15) is 15.9 Å². The zero-order valence-electron chi connectivity index (χ0n) is 14.3. The fourth-order valence-corrected chi connectivity index (χ4v) is 3.02. The minimum Gasteiger partial charge on any atom is -0.321 e. The number of benzene rings is 3. The normalized spacial score (nSPS) is 10.9. The Morgan fingerprint density at radius 1 is 0.926 bits per heavy atom. The Hall–Kier alpha value is -2.89. The van der Waals surface area contributed by atoms with Gasteiger partial charge in [0, 0.05) is 10.6 Å². The third kappa shape index (κ3) is 3.52. The first-order chi connectivity index (χ1) is 13.0. The second-order valence-corrected chi connectivity index (χ2v) is 6.88. The molecule has 4 rings (SSSR count). The van der Waals surface area contributed by atoms with Crippen LogP contribution in [0.15, 0.2) is 60.7 Å². The number of aryl methyl sites for hydroxylation is 1. The van der Waals surface area contributed by atoms with Gasteiger partial charge in [0.15, 0.2) is 0 Å². The van der Waals surface area contributed by atoms with E-state index in [1.165, 1.54) is 4.80 Å². The summed E-state index contributed by atoms with van der Waals surface area (Å²) in [6.45, 7) is 1.88. The minimum absolute atomic E-state index is 0.298. The number of rotatable bonds is 3. The molecule has 7 heteroatoms. The highest BCUT2D eigenvalue weighted by Crippen LogP contribution is 2.28. The van der Waals surface area contributed by atoms with Gasteiger partial charge in [-0.1, -0.05) is 47.5 Å². The Bertz CT molecular complexity index is 1160. The highest BCUT2D eigenvalue weighted by Gasteiger charge is 2.13. The van der Waals surface area contributed by atoms with Gasteiger partial charge >= 0.3 is 0 Å². The molecule has 3 aromatic carbocycles. The summed E-state index contributed by atoms with van der Waals surface area (Å²) in [5.41, 5.74) is 3.93. The van der Waals surface area contributed by atoms with E-state index in [0.29, 0.717) is 32.3 Å². The molecule has 0 aliphatic carbocycles. The summed E-state index contributed by atoms with van der Waals surface area (Å²) in [7, 11) is 0. The summed E-state index contributed by atoms with van der Waals surface area (Å²) < 4.78 is 0. The number of nitrogens with zero attached hydrogens (tertiary/aromatic N) is 3. The van der Waals surface area contributed by atoms with Gasteiger partial charge in [-0.25, -0.2) is 0 Å². The van der Waals surface area contributed by atoms with E-state index in [1.54, 1.807) is 30.3 Å². The topological polar surface area (TPSA) is 59.8 Å². The van der Waals surface area contributed by atoms with E-state index in [9.17, 15) is 4.79 Å². The molecule has 1 heterocycles. The van der Waals surface area contributed by atoms with Crippen LogP contribution in [0.3, 0.4) is 0 Å². The summed E-state index contributed by atoms with van der Waals surface area (Å²) in [5, 5.41) is 12.6. The second kappa shape index (κ2) is 7.02. The van der Waals surface area contributed by atoms with Crippen molar-refractivity contribution in [3.8, 4) is 5.69 Å². The summed E-state index contributed by atoms with van der Waals surface area (Å²) in [6, 6.07) is 18.1. The molecule has 134 valence electrons. The molecule has 0 spiro atoms. The molecule has 0 aliphatic rings. The number of nitrogens with one attached hydrogen (secondary N) is 1. The maximum atomic E-state index is 12.5. The van der Waals surface area contributed by atoms with Crippen molar-refractivity contribution < 1.29 is 4.79 Å². The van der Waals surface area contributed by atoms with Crippen molar-refractivity contribution >= 4 is 45.8 Å². The number of carbonyl (C=O) groups excluding carboxylic acids is 1. The van der Waals surface area contributed by atoms with Gasteiger partial charge in [-0.05, 0) is 48.9 Å². The lowest BCUT2D eigenvalue weighted by atomic mass is 10.1. The molecule has 4 aromatic rings. The van der Waals surface area contributed by atoms with Crippen LogP contribution in [0.25, 0.3) is 16.7 Å². The summed E-state index contributed by atoms with van der Waals surface area (Å²) in [6.07, 6.45) is 0. The third-order valence-electron chi connectivity index (χ3n) is 4.14. The molecule has 1 aromatic heterocycles. The smallest absolute Gasteiger partial charge is 0.255 e. The summed E-state index contributed by atoms with van der Waals surface area (Å²) in [5.74, 6) is -0.298. The summed E-state index contributed by atoms with van der Waals surface area (Å²) >= 11 is 12.4. The van der Waals surface area contributed by atoms with Crippen molar-refractivity contribution in [3.05, 3.63) is 81.8 Å². The Morgan fingerprint density at radius 2 is 1.63 bits per heavy atom. The van der Waals surface area contributed by atoms with Crippen LogP contribution in [0.5, 0.6) is 0 Å². The first-order valence-corrected chi connectivity index (χ1v) is 8.96. The van der Waals surface area contributed by atoms with Gasteiger partial charge < -0.3 is 5.32 Å². The molecular formula is C20H14Cl2N4O. The molecule has 0 atom stereocenters. The van der Waals surface area contributed by atoms with E-state index in [0.717, 1.165) is 11.3 Å². The van der Waals surface area contributed by atoms with E-state index in [1.807, 2.05) is 37.3 Å². The average molecular weight is 397 g/mol. The van der Waals surface area contributed by atoms with Crippen LogP contribution < -0.4 is 5.32 Å². The number of fused-ring (bicyclic) bond motifs is 1. The van der Waals surface area contributed by atoms with Gasteiger partial charge in [-0.3, -0.25) is 4.79 Å². The minimum atomic E-state index is -0.298. The molecule has 27 heavy (non-hydrogen) atoms. The zero-order chi connectivity index (χ0) is 19.0. The van der Waals surface area contributed by atoms with Crippen molar-refractivity contribution in [2.75, 3.05) is 5.32 Å². The maximum absolute atomic E-state index is 12.5. The fourth-order valence-electron chi connectivity index (χ4n) is 2.64. The first kappa shape index (κ1) is 17.5. The zero-order valence-corrected chi connectivity index (χ0v) is 15.8. The SMILES string of the molecule is Cc1ccc(C(=O)Nc2cc3nn(-c4ccccc4)nc3cc2Cl)cc1Cl. The van der Waals surface area contributed by atoms with Crippen LogP contribution in [0, 0.1) is 6.92 Å². The Morgan fingerprint density at radius 3 is 2.33 bits per heavy atom. The molecule has 0 bridgehead atoms. The molecule has 0 aliphatic heterocycles. The summed E-state index contributed by atoms with van der Waals surface area (Å²) in [4.78, 5) is 14.1. The van der Waals surface area contributed by atoms with E-state index in [4.69, 9.17) is 23.2 Å². The van der Waals surface area contributed by atoms with Crippen LogP contribution in [0.2, 0.25) is 10.0 Å². The predicted molar refractivity (Wildman–Crippen MR) is 108 cm³/mol. The molecule has 5 nitrogen and oxygen atoms in total. The molecule has 0 saturated carbocycles. The Kier molecular flexibility index (Phi) is 4.56. The second-order valence-electron chi connectivity index (χ2n) is 6.06. The van der Waals surface area contributed by atoms with Gasteiger partial charge in [0.05, 0.1) is 16.4 Å². The lowest BCUT2D eigenvalue weighted by Crippen LogP contribution is -2.12. The quantitative estimate of drug-likeness (QED) is 0.511.